The Hall–Kier alpha value is -1.63. The number of rotatable bonds is 6. The van der Waals surface area contributed by atoms with Gasteiger partial charge in [-0.2, -0.15) is 11.8 Å². The third-order valence-electron chi connectivity index (χ3n) is 2.44. The molecule has 1 aromatic rings. The predicted octanol–water partition coefficient (Wildman–Crippen LogP) is 2.92. The number of carbonyl (C=O) groups is 1. The molecule has 0 aliphatic rings. The zero-order chi connectivity index (χ0) is 14.4. The van der Waals surface area contributed by atoms with Crippen molar-refractivity contribution in [3.63, 3.8) is 0 Å². The molecule has 1 atom stereocenters. The van der Waals surface area contributed by atoms with E-state index in [2.05, 4.69) is 4.74 Å². The van der Waals surface area contributed by atoms with Crippen LogP contribution in [0.25, 0.3) is 0 Å². The second-order valence-electron chi connectivity index (χ2n) is 3.93. The number of benzene rings is 1. The summed E-state index contributed by atoms with van der Waals surface area (Å²) >= 11 is 1.34. The van der Waals surface area contributed by atoms with Gasteiger partial charge >= 0.3 is 5.97 Å². The Kier molecular flexibility index (Phi) is 5.75. The number of methoxy groups -OCH3 is 1. The molecule has 0 aliphatic heterocycles. The van der Waals surface area contributed by atoms with Gasteiger partial charge in [-0.3, -0.25) is 14.9 Å². The van der Waals surface area contributed by atoms with E-state index in [1.54, 1.807) is 0 Å². The van der Waals surface area contributed by atoms with Crippen molar-refractivity contribution in [3.05, 3.63) is 39.7 Å². The molecule has 0 heterocycles. The number of ether oxygens (including phenoxy) is 1. The van der Waals surface area contributed by atoms with Crippen LogP contribution in [0.3, 0.4) is 0 Å². The average molecular weight is 287 g/mol. The highest BCUT2D eigenvalue weighted by atomic mass is 32.2. The number of halogens is 1. The van der Waals surface area contributed by atoms with Crippen molar-refractivity contribution in [2.45, 2.75) is 24.3 Å². The highest BCUT2D eigenvalue weighted by molar-refractivity contribution is 7.99. The maximum absolute atomic E-state index is 13.1. The van der Waals surface area contributed by atoms with Gasteiger partial charge in [-0.1, -0.05) is 6.92 Å². The van der Waals surface area contributed by atoms with Gasteiger partial charge in [0.1, 0.15) is 5.82 Å². The van der Waals surface area contributed by atoms with Crippen molar-refractivity contribution in [1.82, 2.24) is 0 Å². The van der Waals surface area contributed by atoms with Gasteiger partial charge < -0.3 is 4.74 Å². The molecule has 0 N–H and O–H groups in total. The van der Waals surface area contributed by atoms with Gasteiger partial charge in [0.05, 0.1) is 18.5 Å². The fourth-order valence-electron chi connectivity index (χ4n) is 1.46. The molecule has 0 spiro atoms. The molecule has 1 rings (SSSR count). The molecule has 0 amide bonds. The van der Waals surface area contributed by atoms with Crippen molar-refractivity contribution >= 4 is 23.4 Å². The van der Waals surface area contributed by atoms with Crippen LogP contribution < -0.4 is 0 Å². The van der Waals surface area contributed by atoms with Crippen LogP contribution >= 0.6 is 11.8 Å². The first kappa shape index (κ1) is 15.4. The maximum Gasteiger partial charge on any atom is 0.306 e. The fraction of sp³-hybridized carbons (Fsp3) is 0.417. The van der Waals surface area contributed by atoms with Gasteiger partial charge in [0.25, 0.3) is 5.69 Å². The molecular formula is C12H14FNO4S. The molecule has 0 fully saturated rings. The van der Waals surface area contributed by atoms with E-state index in [4.69, 9.17) is 0 Å². The Bertz CT molecular complexity index is 481. The van der Waals surface area contributed by atoms with Crippen molar-refractivity contribution in [2.75, 3.05) is 7.11 Å². The Labute approximate surface area is 114 Å². The predicted molar refractivity (Wildman–Crippen MR) is 70.4 cm³/mol. The third-order valence-corrected chi connectivity index (χ3v) is 3.66. The smallest absolute Gasteiger partial charge is 0.306 e. The number of nitro benzene ring substituents is 1. The minimum absolute atomic E-state index is 0.0599. The molecule has 0 radical (unpaired) electrons. The first-order valence-electron chi connectivity index (χ1n) is 5.55. The highest BCUT2D eigenvalue weighted by Gasteiger charge is 2.16. The second-order valence-corrected chi connectivity index (χ2v) is 5.36. The summed E-state index contributed by atoms with van der Waals surface area (Å²) in [7, 11) is 1.30. The van der Waals surface area contributed by atoms with Crippen LogP contribution in [-0.4, -0.2) is 23.3 Å². The monoisotopic (exact) mass is 287 g/mol. The van der Waals surface area contributed by atoms with Crippen molar-refractivity contribution in [2.24, 2.45) is 0 Å². The molecule has 0 bridgehead atoms. The largest absolute Gasteiger partial charge is 0.469 e. The fourth-order valence-corrected chi connectivity index (χ4v) is 2.41. The summed E-state index contributed by atoms with van der Waals surface area (Å²) in [4.78, 5) is 21.3. The Balaban J connectivity index is 2.69. The number of nitrogens with zero attached hydrogens (tertiary/aromatic N) is 1. The topological polar surface area (TPSA) is 69.4 Å². The summed E-state index contributed by atoms with van der Waals surface area (Å²) in [5.41, 5.74) is 0.200. The lowest BCUT2D eigenvalue weighted by molar-refractivity contribution is -0.385. The molecule has 0 saturated carbocycles. The van der Waals surface area contributed by atoms with Crippen LogP contribution in [0.2, 0.25) is 0 Å². The first-order chi connectivity index (χ1) is 8.93. The minimum Gasteiger partial charge on any atom is -0.469 e. The van der Waals surface area contributed by atoms with E-state index < -0.39 is 10.7 Å². The van der Waals surface area contributed by atoms with E-state index in [0.29, 0.717) is 5.56 Å². The number of thioether (sulfide) groups is 1. The lowest BCUT2D eigenvalue weighted by atomic mass is 10.2. The summed E-state index contributed by atoms with van der Waals surface area (Å²) in [5, 5.41) is 10.7. The van der Waals surface area contributed by atoms with Gasteiger partial charge in [-0.05, 0) is 12.1 Å². The molecular weight excluding hydrogens is 273 g/mol. The highest BCUT2D eigenvalue weighted by Crippen LogP contribution is 2.27. The van der Waals surface area contributed by atoms with Crippen LogP contribution in [-0.2, 0) is 15.3 Å². The van der Waals surface area contributed by atoms with E-state index in [0.717, 1.165) is 18.2 Å². The molecule has 104 valence electrons. The lowest BCUT2D eigenvalue weighted by Crippen LogP contribution is -2.09. The van der Waals surface area contributed by atoms with Crippen LogP contribution in [0.5, 0.6) is 0 Å². The van der Waals surface area contributed by atoms with Crippen LogP contribution in [0.1, 0.15) is 18.9 Å². The molecule has 19 heavy (non-hydrogen) atoms. The molecule has 1 aromatic carbocycles. The standard InChI is InChI=1S/C12H14FNO4S/c1-8(5-12(15)18-2)19-7-9-6-10(13)3-4-11(9)14(16)17/h3-4,6,8H,5,7H2,1-2H3. The van der Waals surface area contributed by atoms with Gasteiger partial charge in [-0.25, -0.2) is 4.39 Å². The van der Waals surface area contributed by atoms with Gasteiger partial charge in [-0.15, -0.1) is 0 Å². The van der Waals surface area contributed by atoms with Gasteiger partial charge in [0.2, 0.25) is 0 Å². The second kappa shape index (κ2) is 7.08. The summed E-state index contributed by atoms with van der Waals surface area (Å²) in [6, 6.07) is 3.36. The summed E-state index contributed by atoms with van der Waals surface area (Å²) in [6.07, 6.45) is 0.213. The van der Waals surface area contributed by atoms with E-state index in [1.165, 1.54) is 18.9 Å². The van der Waals surface area contributed by atoms with E-state index in [9.17, 15) is 19.3 Å². The summed E-state index contributed by atoms with van der Waals surface area (Å²) in [6.45, 7) is 1.81. The average Bonchev–Trinajstić information content (AvgIpc) is 2.35. The lowest BCUT2D eigenvalue weighted by Gasteiger charge is -2.10. The van der Waals surface area contributed by atoms with Crippen LogP contribution in [0, 0.1) is 15.9 Å². The Morgan fingerprint density at radius 2 is 2.26 bits per heavy atom. The molecule has 7 heteroatoms. The molecule has 0 aromatic heterocycles. The SMILES string of the molecule is COC(=O)CC(C)SCc1cc(F)ccc1[N+](=O)[O-]. The van der Waals surface area contributed by atoms with Crippen molar-refractivity contribution in [3.8, 4) is 0 Å². The number of hydrogen-bond acceptors (Lipinski definition) is 5. The molecule has 1 unspecified atom stereocenters. The zero-order valence-corrected chi connectivity index (χ0v) is 11.4. The third kappa shape index (κ3) is 4.86. The van der Waals surface area contributed by atoms with Crippen LogP contribution in [0.15, 0.2) is 18.2 Å². The molecule has 0 saturated heterocycles. The molecule has 5 nitrogen and oxygen atoms in total. The van der Waals surface area contributed by atoms with E-state index in [-0.39, 0.29) is 29.1 Å². The quantitative estimate of drug-likeness (QED) is 0.457. The first-order valence-corrected chi connectivity index (χ1v) is 6.60. The number of hydrogen-bond donors (Lipinski definition) is 0. The van der Waals surface area contributed by atoms with E-state index >= 15 is 0 Å². The number of nitro groups is 1. The van der Waals surface area contributed by atoms with Gasteiger partial charge in [0, 0.05) is 22.6 Å². The van der Waals surface area contributed by atoms with Crippen molar-refractivity contribution < 1.29 is 18.8 Å². The van der Waals surface area contributed by atoms with Crippen molar-refractivity contribution in [1.29, 1.82) is 0 Å². The van der Waals surface area contributed by atoms with Crippen LogP contribution in [0.4, 0.5) is 10.1 Å². The Morgan fingerprint density at radius 3 is 2.84 bits per heavy atom. The number of esters is 1. The van der Waals surface area contributed by atoms with E-state index in [1.807, 2.05) is 6.92 Å². The van der Waals surface area contributed by atoms with Gasteiger partial charge in [0.15, 0.2) is 0 Å². The summed E-state index contributed by atoms with van der Waals surface area (Å²) < 4.78 is 17.6. The Morgan fingerprint density at radius 1 is 1.58 bits per heavy atom. The summed E-state index contributed by atoms with van der Waals surface area (Å²) in [5.74, 6) is -0.581. The number of carbonyl (C=O) groups excluding carboxylic acids is 1. The normalized spacial score (nSPS) is 11.9. The molecule has 0 aliphatic carbocycles. The minimum atomic E-state index is -0.541. The zero-order valence-electron chi connectivity index (χ0n) is 10.6. The maximum atomic E-state index is 13.1.